The van der Waals surface area contributed by atoms with Crippen molar-refractivity contribution < 1.29 is 22.7 Å². The highest BCUT2D eigenvalue weighted by atomic mass is 32.2. The number of hydrogen-bond acceptors (Lipinski definition) is 8. The molecular weight excluding hydrogens is 408 g/mol. The van der Waals surface area contributed by atoms with Crippen LogP contribution in [0.15, 0.2) is 34.0 Å². The van der Waals surface area contributed by atoms with E-state index in [1.165, 1.54) is 23.1 Å². The number of rotatable bonds is 9. The van der Waals surface area contributed by atoms with Crippen LogP contribution in [0, 0.1) is 0 Å². The second-order valence-electron chi connectivity index (χ2n) is 5.66. The topological polar surface area (TPSA) is 102 Å². The van der Waals surface area contributed by atoms with Gasteiger partial charge in [0.2, 0.25) is 10.0 Å². The van der Waals surface area contributed by atoms with Crippen LogP contribution in [0.1, 0.15) is 29.9 Å². The van der Waals surface area contributed by atoms with Crippen LogP contribution in [-0.4, -0.2) is 43.3 Å². The lowest BCUT2D eigenvalue weighted by Gasteiger charge is -2.09. The number of ketones is 1. The second kappa shape index (κ2) is 9.34. The molecule has 0 spiro atoms. The Bertz CT molecular complexity index is 907. The van der Waals surface area contributed by atoms with Crippen molar-refractivity contribution in [3.63, 3.8) is 0 Å². The molecule has 146 valence electrons. The average Bonchev–Trinajstić information content (AvgIpc) is 3.00. The van der Waals surface area contributed by atoms with Crippen molar-refractivity contribution in [2.45, 2.75) is 29.9 Å². The minimum atomic E-state index is -3.36. The van der Waals surface area contributed by atoms with Gasteiger partial charge in [-0.2, -0.15) is 0 Å². The highest BCUT2D eigenvalue weighted by Gasteiger charge is 2.19. The van der Waals surface area contributed by atoms with Gasteiger partial charge in [-0.25, -0.2) is 13.4 Å². The van der Waals surface area contributed by atoms with E-state index in [9.17, 15) is 18.0 Å². The first kappa shape index (κ1) is 21.4. The number of sulfonamides is 1. The fourth-order valence-electron chi connectivity index (χ4n) is 2.14. The molecule has 0 radical (unpaired) electrons. The van der Waals surface area contributed by atoms with E-state index in [0.717, 1.165) is 6.26 Å². The molecule has 0 aliphatic heterocycles. The fourth-order valence-corrected chi connectivity index (χ4v) is 4.76. The summed E-state index contributed by atoms with van der Waals surface area (Å²) >= 11 is 2.69. The number of Topliss-reactive ketones (excluding diaryl/α,β-unsaturated/α-hetero) is 1. The third-order valence-electron chi connectivity index (χ3n) is 3.28. The van der Waals surface area contributed by atoms with Crippen molar-refractivity contribution in [1.82, 2.24) is 4.98 Å². The molecule has 1 N–H and O–H groups in total. The zero-order chi connectivity index (χ0) is 20.0. The molecule has 0 aliphatic rings. The number of thiazole rings is 1. The molecule has 0 saturated heterocycles. The monoisotopic (exact) mass is 428 g/mol. The zero-order valence-corrected chi connectivity index (χ0v) is 17.5. The fraction of sp³-hybridized carbons (Fsp3) is 0.353. The van der Waals surface area contributed by atoms with Crippen molar-refractivity contribution in [3.8, 4) is 0 Å². The summed E-state index contributed by atoms with van der Waals surface area (Å²) in [4.78, 5) is 28.4. The Balaban J connectivity index is 1.97. The van der Waals surface area contributed by atoms with Crippen LogP contribution < -0.4 is 4.72 Å². The van der Waals surface area contributed by atoms with Gasteiger partial charge in [-0.15, -0.1) is 11.3 Å². The number of benzene rings is 1. The number of ether oxygens (including phenoxy) is 1. The van der Waals surface area contributed by atoms with Crippen molar-refractivity contribution in [2.75, 3.05) is 17.6 Å². The summed E-state index contributed by atoms with van der Waals surface area (Å²) in [7, 11) is -3.36. The van der Waals surface area contributed by atoms with Gasteiger partial charge in [-0.05, 0) is 38.1 Å². The molecule has 27 heavy (non-hydrogen) atoms. The van der Waals surface area contributed by atoms with Crippen molar-refractivity contribution in [2.24, 2.45) is 0 Å². The van der Waals surface area contributed by atoms with E-state index >= 15 is 0 Å². The van der Waals surface area contributed by atoms with E-state index in [1.54, 1.807) is 43.5 Å². The summed E-state index contributed by atoms with van der Waals surface area (Å²) in [5, 5.41) is 1.41. The van der Waals surface area contributed by atoms with Gasteiger partial charge < -0.3 is 4.74 Å². The molecule has 0 bridgehead atoms. The molecule has 7 nitrogen and oxygen atoms in total. The highest BCUT2D eigenvalue weighted by molar-refractivity contribution is 8.02. The molecular formula is C17H20N2O5S3. The maximum absolute atomic E-state index is 12.6. The molecule has 1 aromatic heterocycles. The van der Waals surface area contributed by atoms with Gasteiger partial charge >= 0.3 is 5.97 Å². The number of nitrogens with zero attached hydrogens (tertiary/aromatic N) is 1. The SMILES string of the molecule is CCOC(=O)Cc1csc(SC(C)C(=O)c2ccc(NS(C)(=O)=O)cc2)n1. The number of thioether (sulfide) groups is 1. The van der Waals surface area contributed by atoms with Gasteiger partial charge in [-0.1, -0.05) is 11.8 Å². The smallest absolute Gasteiger partial charge is 0.311 e. The summed E-state index contributed by atoms with van der Waals surface area (Å²) < 4.78 is 30.4. The maximum atomic E-state index is 12.6. The molecule has 1 heterocycles. The molecule has 0 fully saturated rings. The van der Waals surface area contributed by atoms with E-state index in [-0.39, 0.29) is 23.4 Å². The summed E-state index contributed by atoms with van der Waals surface area (Å²) in [5.74, 6) is -0.417. The van der Waals surface area contributed by atoms with E-state index in [0.29, 0.717) is 27.9 Å². The lowest BCUT2D eigenvalue weighted by molar-refractivity contribution is -0.142. The number of esters is 1. The molecule has 10 heteroatoms. The Kier molecular flexibility index (Phi) is 7.40. The van der Waals surface area contributed by atoms with Crippen LogP contribution in [-0.2, 0) is 26.0 Å². The molecule has 0 amide bonds. The molecule has 2 rings (SSSR count). The number of hydrogen-bond donors (Lipinski definition) is 1. The van der Waals surface area contributed by atoms with Gasteiger partial charge in [0, 0.05) is 16.6 Å². The molecule has 1 atom stereocenters. The van der Waals surface area contributed by atoms with Crippen molar-refractivity contribution in [3.05, 3.63) is 40.9 Å². The Labute approximate surface area is 166 Å². The summed E-state index contributed by atoms with van der Waals surface area (Å²) in [5.41, 5.74) is 1.51. The van der Waals surface area contributed by atoms with E-state index < -0.39 is 10.0 Å². The molecule has 0 aliphatic carbocycles. The first-order valence-electron chi connectivity index (χ1n) is 8.06. The minimum Gasteiger partial charge on any atom is -0.466 e. The molecule has 1 aromatic carbocycles. The first-order chi connectivity index (χ1) is 12.7. The number of aromatic nitrogens is 1. The van der Waals surface area contributed by atoms with Crippen LogP contribution in [0.4, 0.5) is 5.69 Å². The second-order valence-corrected chi connectivity index (χ2v) is 9.86. The number of carbonyl (C=O) groups is 2. The van der Waals surface area contributed by atoms with Crippen LogP contribution >= 0.6 is 23.1 Å². The summed E-state index contributed by atoms with van der Waals surface area (Å²) in [6, 6.07) is 6.26. The quantitative estimate of drug-likeness (QED) is 0.372. The third kappa shape index (κ3) is 6.96. The Hall–Kier alpha value is -1.91. The van der Waals surface area contributed by atoms with E-state index in [4.69, 9.17) is 4.74 Å². The van der Waals surface area contributed by atoms with E-state index in [2.05, 4.69) is 9.71 Å². The Morgan fingerprint density at radius 3 is 2.56 bits per heavy atom. The molecule has 0 saturated carbocycles. The van der Waals surface area contributed by atoms with Gasteiger partial charge in [0.1, 0.15) is 0 Å². The molecule has 1 unspecified atom stereocenters. The first-order valence-corrected chi connectivity index (χ1v) is 11.7. The minimum absolute atomic E-state index is 0.0898. The zero-order valence-electron chi connectivity index (χ0n) is 15.1. The summed E-state index contributed by atoms with van der Waals surface area (Å²) in [6.07, 6.45) is 1.18. The predicted octanol–water partition coefficient (Wildman–Crippen LogP) is 2.98. The normalized spacial score (nSPS) is 12.4. The predicted molar refractivity (Wildman–Crippen MR) is 107 cm³/mol. The van der Waals surface area contributed by atoms with Gasteiger partial charge in [0.25, 0.3) is 0 Å². The number of anilines is 1. The van der Waals surface area contributed by atoms with Crippen molar-refractivity contribution in [1.29, 1.82) is 0 Å². The lowest BCUT2D eigenvalue weighted by atomic mass is 10.1. The van der Waals surface area contributed by atoms with Gasteiger partial charge in [0.15, 0.2) is 10.1 Å². The average molecular weight is 429 g/mol. The molecule has 2 aromatic rings. The van der Waals surface area contributed by atoms with E-state index in [1.807, 2.05) is 0 Å². The van der Waals surface area contributed by atoms with Crippen LogP contribution in [0.25, 0.3) is 0 Å². The van der Waals surface area contributed by atoms with Crippen molar-refractivity contribution >= 4 is 50.6 Å². The van der Waals surface area contributed by atoms with Gasteiger partial charge in [0.05, 0.1) is 30.2 Å². The third-order valence-corrected chi connectivity index (χ3v) is 6.01. The highest BCUT2D eigenvalue weighted by Crippen LogP contribution is 2.29. The van der Waals surface area contributed by atoms with Gasteiger partial charge in [-0.3, -0.25) is 14.3 Å². The Morgan fingerprint density at radius 2 is 1.96 bits per heavy atom. The van der Waals surface area contributed by atoms with Crippen LogP contribution in [0.5, 0.6) is 0 Å². The largest absolute Gasteiger partial charge is 0.466 e. The van der Waals surface area contributed by atoms with Crippen LogP contribution in [0.2, 0.25) is 0 Å². The Morgan fingerprint density at radius 1 is 1.30 bits per heavy atom. The number of carbonyl (C=O) groups excluding carboxylic acids is 2. The standard InChI is InChI=1S/C17H20N2O5S3/c1-4-24-15(20)9-14-10-25-17(18-14)26-11(2)16(21)12-5-7-13(8-6-12)19-27(3,22)23/h5-8,10-11,19H,4,9H2,1-3H3. The van der Waals surface area contributed by atoms with Crippen LogP contribution in [0.3, 0.4) is 0 Å². The maximum Gasteiger partial charge on any atom is 0.311 e. The number of nitrogens with one attached hydrogen (secondary N) is 1. The summed E-state index contributed by atoms with van der Waals surface area (Å²) in [6.45, 7) is 3.86. The lowest BCUT2D eigenvalue weighted by Crippen LogP contribution is -2.14.